The number of nitrogens with one attached hydrogen (secondary N) is 1. The number of anilines is 1. The number of benzene rings is 2. The van der Waals surface area contributed by atoms with Crippen molar-refractivity contribution in [2.75, 3.05) is 4.72 Å². The zero-order chi connectivity index (χ0) is 14.0. The van der Waals surface area contributed by atoms with Crippen LogP contribution in [0, 0.1) is 12.7 Å². The molecule has 2 N–H and O–H groups in total. The summed E-state index contributed by atoms with van der Waals surface area (Å²) in [6.45, 7) is 1.64. The van der Waals surface area contributed by atoms with E-state index in [0.29, 0.717) is 5.56 Å². The summed E-state index contributed by atoms with van der Waals surface area (Å²) in [6.07, 6.45) is 0. The Bertz CT molecular complexity index is 693. The summed E-state index contributed by atoms with van der Waals surface area (Å²) < 4.78 is 39.8. The molecule has 0 bridgehead atoms. The molecule has 0 aliphatic heterocycles. The number of aromatic hydroxyl groups is 1. The van der Waals surface area contributed by atoms with Crippen LogP contribution in [0.3, 0.4) is 0 Å². The summed E-state index contributed by atoms with van der Waals surface area (Å²) >= 11 is 0. The van der Waals surface area contributed by atoms with Crippen LogP contribution in [0.25, 0.3) is 0 Å². The molecule has 0 amide bonds. The lowest BCUT2D eigenvalue weighted by molar-refractivity contribution is 0.477. The summed E-state index contributed by atoms with van der Waals surface area (Å²) in [4.78, 5) is -0.461. The fraction of sp³-hybridized carbons (Fsp3) is 0.0769. The lowest BCUT2D eigenvalue weighted by Crippen LogP contribution is -2.15. The maximum absolute atomic E-state index is 13.5. The predicted molar refractivity (Wildman–Crippen MR) is 70.1 cm³/mol. The molecule has 2 aromatic rings. The van der Waals surface area contributed by atoms with Crippen LogP contribution in [-0.4, -0.2) is 13.5 Å². The van der Waals surface area contributed by atoms with Gasteiger partial charge in [0.25, 0.3) is 10.0 Å². The minimum absolute atomic E-state index is 0.0470. The van der Waals surface area contributed by atoms with E-state index < -0.39 is 20.7 Å². The highest BCUT2D eigenvalue weighted by molar-refractivity contribution is 7.92. The van der Waals surface area contributed by atoms with Crippen LogP contribution in [-0.2, 0) is 10.0 Å². The van der Waals surface area contributed by atoms with Crippen molar-refractivity contribution < 1.29 is 17.9 Å². The number of phenolic OH excluding ortho intramolecular Hbond substituents is 1. The molecule has 0 aromatic heterocycles. The molecule has 0 atom stereocenters. The van der Waals surface area contributed by atoms with Crippen molar-refractivity contribution >= 4 is 15.7 Å². The number of sulfonamides is 1. The molecule has 0 saturated carbocycles. The number of phenols is 1. The Morgan fingerprint density at radius 1 is 1.11 bits per heavy atom. The topological polar surface area (TPSA) is 66.4 Å². The van der Waals surface area contributed by atoms with E-state index in [-0.39, 0.29) is 11.4 Å². The smallest absolute Gasteiger partial charge is 0.264 e. The predicted octanol–water partition coefficient (Wildman–Crippen LogP) is 2.64. The number of hydrogen-bond donors (Lipinski definition) is 2. The van der Waals surface area contributed by atoms with Crippen molar-refractivity contribution in [3.8, 4) is 5.75 Å². The van der Waals surface area contributed by atoms with Crippen LogP contribution >= 0.6 is 0 Å². The standard InChI is InChI=1S/C13H12FNO3S/c1-9-5-4-7-11(16)13(9)15-19(17,18)12-8-3-2-6-10(12)14/h2-8,15-16H,1H3. The highest BCUT2D eigenvalue weighted by Gasteiger charge is 2.20. The molecule has 0 fully saturated rings. The molecule has 0 aliphatic rings. The second kappa shape index (κ2) is 4.89. The second-order valence-corrected chi connectivity index (χ2v) is 5.66. The molecular weight excluding hydrogens is 269 g/mol. The van der Waals surface area contributed by atoms with Crippen molar-refractivity contribution in [3.63, 3.8) is 0 Å². The summed E-state index contributed by atoms with van der Waals surface area (Å²) in [6, 6.07) is 9.63. The van der Waals surface area contributed by atoms with Gasteiger partial charge in [0, 0.05) is 0 Å². The third-order valence-electron chi connectivity index (χ3n) is 2.61. The lowest BCUT2D eigenvalue weighted by Gasteiger charge is -2.12. The highest BCUT2D eigenvalue weighted by atomic mass is 32.2. The molecule has 100 valence electrons. The van der Waals surface area contributed by atoms with Crippen molar-refractivity contribution in [1.82, 2.24) is 0 Å². The Kier molecular flexibility index (Phi) is 3.44. The molecule has 0 unspecified atom stereocenters. The third-order valence-corrected chi connectivity index (χ3v) is 4.00. The molecule has 2 aromatic carbocycles. The van der Waals surface area contributed by atoms with Gasteiger partial charge in [0.15, 0.2) is 0 Å². The van der Waals surface area contributed by atoms with E-state index in [9.17, 15) is 17.9 Å². The van der Waals surface area contributed by atoms with Gasteiger partial charge in [-0.25, -0.2) is 12.8 Å². The monoisotopic (exact) mass is 281 g/mol. The van der Waals surface area contributed by atoms with Gasteiger partial charge in [-0.3, -0.25) is 4.72 Å². The summed E-state index contributed by atoms with van der Waals surface area (Å²) in [5.41, 5.74) is 0.589. The van der Waals surface area contributed by atoms with E-state index >= 15 is 0 Å². The van der Waals surface area contributed by atoms with Gasteiger partial charge in [0.2, 0.25) is 0 Å². The number of rotatable bonds is 3. The number of para-hydroxylation sites is 1. The van der Waals surface area contributed by atoms with Gasteiger partial charge in [0.05, 0.1) is 5.69 Å². The highest BCUT2D eigenvalue weighted by Crippen LogP contribution is 2.29. The van der Waals surface area contributed by atoms with E-state index in [1.807, 2.05) is 0 Å². The number of hydrogen-bond acceptors (Lipinski definition) is 3. The average Bonchev–Trinajstić information content (AvgIpc) is 2.34. The largest absolute Gasteiger partial charge is 0.506 e. The Hall–Kier alpha value is -2.08. The quantitative estimate of drug-likeness (QED) is 0.850. The summed E-state index contributed by atoms with van der Waals surface area (Å²) in [5, 5.41) is 9.65. The van der Waals surface area contributed by atoms with Crippen LogP contribution in [0.2, 0.25) is 0 Å². The average molecular weight is 281 g/mol. The van der Waals surface area contributed by atoms with Crippen LogP contribution in [0.1, 0.15) is 5.56 Å². The molecule has 4 nitrogen and oxygen atoms in total. The first-order valence-electron chi connectivity index (χ1n) is 5.48. The Labute approximate surface area is 110 Å². The van der Waals surface area contributed by atoms with Crippen molar-refractivity contribution in [1.29, 1.82) is 0 Å². The molecule has 6 heteroatoms. The number of aryl methyl sites for hydroxylation is 1. The Morgan fingerprint density at radius 3 is 2.42 bits per heavy atom. The van der Waals surface area contributed by atoms with E-state index in [1.165, 1.54) is 18.2 Å². The fourth-order valence-corrected chi connectivity index (χ4v) is 2.86. The molecule has 0 aliphatic carbocycles. The maximum atomic E-state index is 13.5. The minimum atomic E-state index is -4.07. The molecule has 19 heavy (non-hydrogen) atoms. The van der Waals surface area contributed by atoms with E-state index in [0.717, 1.165) is 12.1 Å². The fourth-order valence-electron chi connectivity index (χ4n) is 1.64. The molecule has 0 radical (unpaired) electrons. The van der Waals surface area contributed by atoms with Crippen LogP contribution in [0.5, 0.6) is 5.75 Å². The van der Waals surface area contributed by atoms with Gasteiger partial charge in [-0.1, -0.05) is 24.3 Å². The van der Waals surface area contributed by atoms with E-state index in [4.69, 9.17) is 0 Å². The summed E-state index contributed by atoms with van der Waals surface area (Å²) in [7, 11) is -4.07. The molecule has 0 heterocycles. The third kappa shape index (κ3) is 2.68. The first-order chi connectivity index (χ1) is 8.92. The van der Waals surface area contributed by atoms with Crippen LogP contribution in [0.15, 0.2) is 47.4 Å². The van der Waals surface area contributed by atoms with Crippen molar-refractivity contribution in [2.45, 2.75) is 11.8 Å². The molecule has 0 saturated heterocycles. The van der Waals surface area contributed by atoms with Gasteiger partial charge >= 0.3 is 0 Å². The normalized spacial score (nSPS) is 11.3. The first-order valence-corrected chi connectivity index (χ1v) is 6.96. The molecule has 2 rings (SSSR count). The van der Waals surface area contributed by atoms with E-state index in [2.05, 4.69) is 4.72 Å². The van der Waals surface area contributed by atoms with Gasteiger partial charge in [-0.15, -0.1) is 0 Å². The molecular formula is C13H12FNO3S. The Balaban J connectivity index is 2.46. The van der Waals surface area contributed by atoms with Gasteiger partial charge in [-0.05, 0) is 30.7 Å². The van der Waals surface area contributed by atoms with Gasteiger partial charge < -0.3 is 5.11 Å². The zero-order valence-corrected chi connectivity index (χ0v) is 10.9. The second-order valence-electron chi connectivity index (χ2n) is 4.00. The maximum Gasteiger partial charge on any atom is 0.264 e. The van der Waals surface area contributed by atoms with Crippen molar-refractivity contribution in [3.05, 3.63) is 53.8 Å². The first kappa shape index (κ1) is 13.4. The zero-order valence-electron chi connectivity index (χ0n) is 10.1. The van der Waals surface area contributed by atoms with Gasteiger partial charge in [0.1, 0.15) is 16.5 Å². The lowest BCUT2D eigenvalue weighted by atomic mass is 10.2. The molecule has 0 spiro atoms. The Morgan fingerprint density at radius 2 is 1.79 bits per heavy atom. The van der Waals surface area contributed by atoms with Crippen LogP contribution in [0.4, 0.5) is 10.1 Å². The minimum Gasteiger partial charge on any atom is -0.506 e. The SMILES string of the molecule is Cc1cccc(O)c1NS(=O)(=O)c1ccccc1F. The van der Waals surface area contributed by atoms with Gasteiger partial charge in [-0.2, -0.15) is 0 Å². The van der Waals surface area contributed by atoms with Crippen molar-refractivity contribution in [2.24, 2.45) is 0 Å². The van der Waals surface area contributed by atoms with E-state index in [1.54, 1.807) is 19.1 Å². The van der Waals surface area contributed by atoms with Crippen LogP contribution < -0.4 is 4.72 Å². The number of halogens is 1. The summed E-state index contributed by atoms with van der Waals surface area (Å²) in [5.74, 6) is -1.05.